The van der Waals surface area contributed by atoms with E-state index in [-0.39, 0.29) is 0 Å². The van der Waals surface area contributed by atoms with E-state index in [9.17, 15) is 0 Å². The highest BCUT2D eigenvalue weighted by molar-refractivity contribution is 9.08. The lowest BCUT2D eigenvalue weighted by Crippen LogP contribution is -1.86. The molecule has 0 saturated heterocycles. The van der Waals surface area contributed by atoms with Crippen molar-refractivity contribution < 1.29 is 0 Å². The normalized spacial score (nSPS) is 10.2. The molecule has 0 aliphatic heterocycles. The Morgan fingerprint density at radius 3 is 3.10 bits per heavy atom. The molecule has 0 aliphatic rings. The van der Waals surface area contributed by atoms with Crippen molar-refractivity contribution in [2.75, 3.05) is 0 Å². The molecule has 1 heterocycles. The minimum atomic E-state index is 0.951. The number of nitrogens with zero attached hydrogens (tertiary/aromatic N) is 1. The molecule has 56 valence electrons. The summed E-state index contributed by atoms with van der Waals surface area (Å²) in [6, 6.07) is 0. The van der Waals surface area contributed by atoms with Gasteiger partial charge in [0.25, 0.3) is 0 Å². The first-order valence-corrected chi connectivity index (χ1v) is 5.35. The van der Waals surface area contributed by atoms with E-state index in [0.717, 1.165) is 11.8 Å². The van der Waals surface area contributed by atoms with Gasteiger partial charge in [0.15, 0.2) is 0 Å². The molecule has 0 spiro atoms. The number of alkyl halides is 1. The van der Waals surface area contributed by atoms with E-state index in [1.165, 1.54) is 17.0 Å². The topological polar surface area (TPSA) is 12.9 Å². The van der Waals surface area contributed by atoms with Gasteiger partial charge in [0, 0.05) is 10.2 Å². The van der Waals surface area contributed by atoms with Gasteiger partial charge in [-0.1, -0.05) is 29.3 Å². The summed E-state index contributed by atoms with van der Waals surface area (Å²) in [5.74, 6) is 0. The fourth-order valence-electron chi connectivity index (χ4n) is 0.843. The third-order valence-electron chi connectivity index (χ3n) is 1.33. The first kappa shape index (κ1) is 8.21. The molecule has 0 aromatic carbocycles. The van der Waals surface area contributed by atoms with Crippen LogP contribution in [0.2, 0.25) is 0 Å². The zero-order chi connectivity index (χ0) is 7.40. The van der Waals surface area contributed by atoms with Gasteiger partial charge in [0.1, 0.15) is 0 Å². The summed E-state index contributed by atoms with van der Waals surface area (Å²) in [6.45, 7) is 2.18. The number of thiazole rings is 1. The molecule has 1 aromatic rings. The molecule has 1 rings (SSSR count). The van der Waals surface area contributed by atoms with E-state index >= 15 is 0 Å². The van der Waals surface area contributed by atoms with Gasteiger partial charge < -0.3 is 0 Å². The second kappa shape index (κ2) is 4.09. The molecule has 1 nitrogen and oxygen atoms in total. The van der Waals surface area contributed by atoms with Crippen LogP contribution in [0.25, 0.3) is 0 Å². The van der Waals surface area contributed by atoms with Gasteiger partial charge in [-0.05, 0) is 6.42 Å². The predicted molar refractivity (Wildman–Crippen MR) is 48.7 cm³/mol. The van der Waals surface area contributed by atoms with E-state index in [1.807, 2.05) is 5.51 Å². The van der Waals surface area contributed by atoms with Gasteiger partial charge in [-0.15, -0.1) is 11.3 Å². The quantitative estimate of drug-likeness (QED) is 0.713. The van der Waals surface area contributed by atoms with Gasteiger partial charge in [-0.2, -0.15) is 0 Å². The van der Waals surface area contributed by atoms with Gasteiger partial charge in [-0.25, -0.2) is 4.98 Å². The van der Waals surface area contributed by atoms with Crippen molar-refractivity contribution in [3.05, 3.63) is 16.1 Å². The van der Waals surface area contributed by atoms with Crippen molar-refractivity contribution >= 4 is 27.3 Å². The molecule has 0 fully saturated rings. The molecule has 0 unspecified atom stereocenters. The number of rotatable bonds is 3. The Balaban J connectivity index is 2.70. The van der Waals surface area contributed by atoms with Crippen LogP contribution in [0.1, 0.15) is 23.9 Å². The van der Waals surface area contributed by atoms with Gasteiger partial charge >= 0.3 is 0 Å². The summed E-state index contributed by atoms with van der Waals surface area (Å²) >= 11 is 5.16. The lowest BCUT2D eigenvalue weighted by molar-refractivity contribution is 0.884. The maximum atomic E-state index is 4.27. The van der Waals surface area contributed by atoms with Gasteiger partial charge in [0.2, 0.25) is 0 Å². The Morgan fingerprint density at radius 1 is 1.70 bits per heavy atom. The van der Waals surface area contributed by atoms with E-state index in [4.69, 9.17) is 0 Å². The van der Waals surface area contributed by atoms with Crippen LogP contribution in [0.3, 0.4) is 0 Å². The molecule has 0 N–H and O–H groups in total. The smallest absolute Gasteiger partial charge is 0.0798 e. The van der Waals surface area contributed by atoms with E-state index in [1.54, 1.807) is 11.3 Å². The second-order valence-corrected chi connectivity index (χ2v) is 3.61. The van der Waals surface area contributed by atoms with Crippen molar-refractivity contribution in [2.45, 2.75) is 25.1 Å². The maximum absolute atomic E-state index is 4.27. The SMILES string of the molecule is CCCc1ncsc1CBr. The summed E-state index contributed by atoms with van der Waals surface area (Å²) in [5.41, 5.74) is 3.19. The molecule has 3 heteroatoms. The van der Waals surface area contributed by atoms with Crippen LogP contribution in [0.4, 0.5) is 0 Å². The molecule has 0 saturated carbocycles. The summed E-state index contributed by atoms with van der Waals surface area (Å²) < 4.78 is 0. The Morgan fingerprint density at radius 2 is 2.50 bits per heavy atom. The molecular formula is C7H10BrNS. The molecule has 0 aliphatic carbocycles. The highest BCUT2D eigenvalue weighted by Gasteiger charge is 2.01. The van der Waals surface area contributed by atoms with Gasteiger partial charge in [-0.3, -0.25) is 0 Å². The Bertz CT molecular complexity index is 197. The standard InChI is InChI=1S/C7H10BrNS/c1-2-3-6-7(4-8)10-5-9-6/h5H,2-4H2,1H3. The Hall–Kier alpha value is 0.110. The first-order chi connectivity index (χ1) is 4.88. The van der Waals surface area contributed by atoms with Crippen LogP contribution < -0.4 is 0 Å². The number of halogens is 1. The van der Waals surface area contributed by atoms with Crippen LogP contribution >= 0.6 is 27.3 Å². The lowest BCUT2D eigenvalue weighted by atomic mass is 10.2. The van der Waals surface area contributed by atoms with Crippen molar-refractivity contribution in [1.82, 2.24) is 4.98 Å². The highest BCUT2D eigenvalue weighted by Crippen LogP contribution is 2.17. The Kier molecular flexibility index (Phi) is 3.35. The Labute approximate surface area is 73.6 Å². The van der Waals surface area contributed by atoms with Crippen LogP contribution in [0, 0.1) is 0 Å². The number of aryl methyl sites for hydroxylation is 1. The molecule has 10 heavy (non-hydrogen) atoms. The van der Waals surface area contributed by atoms with Crippen molar-refractivity contribution in [1.29, 1.82) is 0 Å². The molecule has 0 amide bonds. The minimum Gasteiger partial charge on any atom is -0.249 e. The van der Waals surface area contributed by atoms with E-state index in [2.05, 4.69) is 27.8 Å². The molecule has 0 radical (unpaired) electrons. The number of hydrogen-bond donors (Lipinski definition) is 0. The third-order valence-corrected chi connectivity index (χ3v) is 3.14. The average Bonchev–Trinajstić information content (AvgIpc) is 2.36. The van der Waals surface area contributed by atoms with Crippen LogP contribution in [-0.4, -0.2) is 4.98 Å². The summed E-state index contributed by atoms with van der Waals surface area (Å²) in [6.07, 6.45) is 2.30. The van der Waals surface area contributed by atoms with Crippen molar-refractivity contribution in [3.63, 3.8) is 0 Å². The second-order valence-electron chi connectivity index (χ2n) is 2.11. The molecule has 0 atom stereocenters. The van der Waals surface area contributed by atoms with Crippen LogP contribution in [0.5, 0.6) is 0 Å². The lowest BCUT2D eigenvalue weighted by Gasteiger charge is -1.93. The van der Waals surface area contributed by atoms with Crippen molar-refractivity contribution in [3.8, 4) is 0 Å². The summed E-state index contributed by atoms with van der Waals surface area (Å²) in [7, 11) is 0. The predicted octanol–water partition coefficient (Wildman–Crippen LogP) is 2.99. The minimum absolute atomic E-state index is 0.951. The highest BCUT2D eigenvalue weighted by atomic mass is 79.9. The molecule has 1 aromatic heterocycles. The molecular weight excluding hydrogens is 210 g/mol. The fraction of sp³-hybridized carbons (Fsp3) is 0.571. The largest absolute Gasteiger partial charge is 0.249 e. The summed E-state index contributed by atoms with van der Waals surface area (Å²) in [4.78, 5) is 5.64. The van der Waals surface area contributed by atoms with Crippen LogP contribution in [-0.2, 0) is 11.8 Å². The maximum Gasteiger partial charge on any atom is 0.0798 e. The third kappa shape index (κ3) is 1.80. The van der Waals surface area contributed by atoms with E-state index < -0.39 is 0 Å². The van der Waals surface area contributed by atoms with Crippen LogP contribution in [0.15, 0.2) is 5.51 Å². The fourth-order valence-corrected chi connectivity index (χ4v) is 2.22. The van der Waals surface area contributed by atoms with Crippen molar-refractivity contribution in [2.24, 2.45) is 0 Å². The monoisotopic (exact) mass is 219 g/mol. The van der Waals surface area contributed by atoms with E-state index in [0.29, 0.717) is 0 Å². The zero-order valence-electron chi connectivity index (χ0n) is 5.93. The average molecular weight is 220 g/mol. The first-order valence-electron chi connectivity index (χ1n) is 3.35. The number of aromatic nitrogens is 1. The summed E-state index contributed by atoms with van der Waals surface area (Å²) in [5, 5.41) is 0.951. The van der Waals surface area contributed by atoms with Gasteiger partial charge in [0.05, 0.1) is 11.2 Å². The molecule has 0 bridgehead atoms. The number of hydrogen-bond acceptors (Lipinski definition) is 2. The zero-order valence-corrected chi connectivity index (χ0v) is 8.33.